The molecule has 0 saturated carbocycles. The third-order valence-electron chi connectivity index (χ3n) is 2.72. The summed E-state index contributed by atoms with van der Waals surface area (Å²) < 4.78 is 31.5. The number of anilines is 1. The number of hydrogen-bond donors (Lipinski definition) is 1. The van der Waals surface area contributed by atoms with Crippen molar-refractivity contribution in [2.45, 2.75) is 26.9 Å². The number of aromatic nitrogens is 1. The first-order valence-electron chi connectivity index (χ1n) is 6.72. The third kappa shape index (κ3) is 4.10. The summed E-state index contributed by atoms with van der Waals surface area (Å²) >= 11 is 0.927. The predicted molar refractivity (Wildman–Crippen MR) is 81.7 cm³/mol. The van der Waals surface area contributed by atoms with Crippen molar-refractivity contribution in [1.29, 1.82) is 0 Å². The Bertz CT molecular complexity index is 759. The van der Waals surface area contributed by atoms with E-state index in [4.69, 9.17) is 4.74 Å². The molecule has 0 saturated heterocycles. The maximum atomic E-state index is 13.6. The highest BCUT2D eigenvalue weighted by molar-refractivity contribution is 7.17. The number of amides is 1. The van der Waals surface area contributed by atoms with E-state index in [-0.39, 0.29) is 21.7 Å². The van der Waals surface area contributed by atoms with E-state index < -0.39 is 23.5 Å². The number of rotatable bonds is 4. The Kier molecular flexibility index (Phi) is 5.05. The van der Waals surface area contributed by atoms with Crippen LogP contribution in [-0.4, -0.2) is 23.0 Å². The SMILES string of the molecule is Cc1nc(NC(=O)c2ccc(F)cc2F)sc1C(=O)OC(C)C. The lowest BCUT2D eigenvalue weighted by molar-refractivity contribution is 0.0382. The molecule has 1 aromatic heterocycles. The number of nitrogens with zero attached hydrogens (tertiary/aromatic N) is 1. The normalized spacial score (nSPS) is 10.7. The fourth-order valence-corrected chi connectivity index (χ4v) is 2.59. The quantitative estimate of drug-likeness (QED) is 0.864. The third-order valence-corrected chi connectivity index (χ3v) is 3.77. The average Bonchev–Trinajstić information content (AvgIpc) is 2.78. The fourth-order valence-electron chi connectivity index (χ4n) is 1.74. The van der Waals surface area contributed by atoms with Crippen molar-refractivity contribution >= 4 is 28.3 Å². The van der Waals surface area contributed by atoms with Crippen LogP contribution in [0.3, 0.4) is 0 Å². The molecule has 1 N–H and O–H groups in total. The molecule has 1 amide bonds. The van der Waals surface area contributed by atoms with E-state index in [1.165, 1.54) is 0 Å². The molecule has 1 heterocycles. The minimum absolute atomic E-state index is 0.131. The molecule has 8 heteroatoms. The lowest BCUT2D eigenvalue weighted by Gasteiger charge is -2.05. The van der Waals surface area contributed by atoms with E-state index in [2.05, 4.69) is 10.3 Å². The van der Waals surface area contributed by atoms with Crippen LogP contribution in [0.5, 0.6) is 0 Å². The first-order valence-corrected chi connectivity index (χ1v) is 7.54. The van der Waals surface area contributed by atoms with Gasteiger partial charge in [0.05, 0.1) is 17.4 Å². The number of carbonyl (C=O) groups excluding carboxylic acids is 2. The van der Waals surface area contributed by atoms with Crippen molar-refractivity contribution < 1.29 is 23.1 Å². The van der Waals surface area contributed by atoms with E-state index in [1.54, 1.807) is 20.8 Å². The summed E-state index contributed by atoms with van der Waals surface area (Å²) in [6, 6.07) is 2.64. The highest BCUT2D eigenvalue weighted by Crippen LogP contribution is 2.24. The molecule has 0 unspecified atom stereocenters. The molecule has 0 aliphatic heterocycles. The number of ether oxygens (including phenoxy) is 1. The molecule has 0 aliphatic carbocycles. The zero-order chi connectivity index (χ0) is 17.1. The number of aryl methyl sites for hydroxylation is 1. The fraction of sp³-hybridized carbons (Fsp3) is 0.267. The van der Waals surface area contributed by atoms with Crippen LogP contribution < -0.4 is 5.32 Å². The van der Waals surface area contributed by atoms with Crippen LogP contribution in [0.4, 0.5) is 13.9 Å². The van der Waals surface area contributed by atoms with Gasteiger partial charge >= 0.3 is 5.97 Å². The molecule has 0 radical (unpaired) electrons. The number of carbonyl (C=O) groups is 2. The Morgan fingerprint density at radius 3 is 2.61 bits per heavy atom. The summed E-state index contributed by atoms with van der Waals surface area (Å²) in [5, 5.41) is 2.52. The second-order valence-electron chi connectivity index (χ2n) is 4.97. The number of esters is 1. The molecule has 23 heavy (non-hydrogen) atoms. The second kappa shape index (κ2) is 6.82. The first kappa shape index (κ1) is 17.0. The second-order valence-corrected chi connectivity index (χ2v) is 5.96. The Morgan fingerprint density at radius 2 is 2.00 bits per heavy atom. The highest BCUT2D eigenvalue weighted by Gasteiger charge is 2.20. The lowest BCUT2D eigenvalue weighted by atomic mass is 10.2. The summed E-state index contributed by atoms with van der Waals surface area (Å²) in [6.07, 6.45) is -0.282. The van der Waals surface area contributed by atoms with Crippen LogP contribution in [0, 0.1) is 18.6 Å². The van der Waals surface area contributed by atoms with Crippen LogP contribution in [0.1, 0.15) is 39.6 Å². The Morgan fingerprint density at radius 1 is 1.30 bits per heavy atom. The highest BCUT2D eigenvalue weighted by atomic mass is 32.1. The van der Waals surface area contributed by atoms with Gasteiger partial charge in [-0.05, 0) is 32.9 Å². The van der Waals surface area contributed by atoms with E-state index in [1.807, 2.05) is 0 Å². The van der Waals surface area contributed by atoms with Crippen molar-refractivity contribution in [3.05, 3.63) is 46.0 Å². The summed E-state index contributed by atoms with van der Waals surface area (Å²) in [7, 11) is 0. The maximum Gasteiger partial charge on any atom is 0.350 e. The average molecular weight is 340 g/mol. The molecule has 2 aromatic rings. The smallest absolute Gasteiger partial charge is 0.350 e. The summed E-state index contributed by atoms with van der Waals surface area (Å²) in [6.45, 7) is 5.03. The van der Waals surface area contributed by atoms with Crippen LogP contribution in [0.15, 0.2) is 18.2 Å². The molecule has 2 rings (SSSR count). The molecule has 122 valence electrons. The van der Waals surface area contributed by atoms with Gasteiger partial charge in [-0.2, -0.15) is 0 Å². The van der Waals surface area contributed by atoms with Crippen molar-refractivity contribution in [2.75, 3.05) is 5.32 Å². The van der Waals surface area contributed by atoms with Crippen molar-refractivity contribution in [3.63, 3.8) is 0 Å². The zero-order valence-corrected chi connectivity index (χ0v) is 13.5. The van der Waals surface area contributed by atoms with Gasteiger partial charge in [0, 0.05) is 6.07 Å². The lowest BCUT2D eigenvalue weighted by Crippen LogP contribution is -2.13. The summed E-state index contributed by atoms with van der Waals surface area (Å²) in [4.78, 5) is 28.2. The summed E-state index contributed by atoms with van der Waals surface area (Å²) in [5.41, 5.74) is 0.0843. The number of thiazole rings is 1. The maximum absolute atomic E-state index is 13.6. The van der Waals surface area contributed by atoms with Gasteiger partial charge in [-0.1, -0.05) is 11.3 Å². The Hall–Kier alpha value is -2.35. The van der Waals surface area contributed by atoms with Crippen LogP contribution >= 0.6 is 11.3 Å². The van der Waals surface area contributed by atoms with Gasteiger partial charge in [-0.3, -0.25) is 10.1 Å². The number of hydrogen-bond acceptors (Lipinski definition) is 5. The van der Waals surface area contributed by atoms with Gasteiger partial charge in [0.25, 0.3) is 5.91 Å². The molecule has 0 bridgehead atoms. The standard InChI is InChI=1S/C15H14F2N2O3S/c1-7(2)22-14(21)12-8(3)18-15(23-12)19-13(20)10-5-4-9(16)6-11(10)17/h4-7H,1-3H3,(H,18,19,20). The van der Waals surface area contributed by atoms with Gasteiger partial charge in [0.1, 0.15) is 16.5 Å². The summed E-state index contributed by atoms with van der Waals surface area (Å²) in [5.74, 6) is -3.07. The zero-order valence-electron chi connectivity index (χ0n) is 12.6. The van der Waals surface area contributed by atoms with Crippen molar-refractivity contribution in [2.24, 2.45) is 0 Å². The Balaban J connectivity index is 2.17. The predicted octanol–water partition coefficient (Wildman–Crippen LogP) is 3.55. The topological polar surface area (TPSA) is 68.3 Å². The van der Waals surface area contributed by atoms with Crippen LogP contribution in [-0.2, 0) is 4.74 Å². The van der Waals surface area contributed by atoms with E-state index in [0.717, 1.165) is 23.5 Å². The molecule has 0 atom stereocenters. The van der Waals surface area contributed by atoms with Gasteiger partial charge in [-0.15, -0.1) is 0 Å². The van der Waals surface area contributed by atoms with Gasteiger partial charge in [0.2, 0.25) is 0 Å². The molecular formula is C15H14F2N2O3S. The van der Waals surface area contributed by atoms with Crippen molar-refractivity contribution in [1.82, 2.24) is 4.98 Å². The van der Waals surface area contributed by atoms with E-state index in [0.29, 0.717) is 11.8 Å². The van der Waals surface area contributed by atoms with Crippen LogP contribution in [0.2, 0.25) is 0 Å². The van der Waals surface area contributed by atoms with Crippen molar-refractivity contribution in [3.8, 4) is 0 Å². The van der Waals surface area contributed by atoms with Gasteiger partial charge in [-0.25, -0.2) is 18.6 Å². The van der Waals surface area contributed by atoms with E-state index in [9.17, 15) is 18.4 Å². The van der Waals surface area contributed by atoms with E-state index >= 15 is 0 Å². The minimum atomic E-state index is -0.977. The Labute approximate surface area is 135 Å². The molecule has 0 aliphatic rings. The van der Waals surface area contributed by atoms with Gasteiger partial charge in [0.15, 0.2) is 5.13 Å². The minimum Gasteiger partial charge on any atom is -0.459 e. The molecule has 5 nitrogen and oxygen atoms in total. The number of halogens is 2. The molecule has 1 aromatic carbocycles. The van der Waals surface area contributed by atoms with Crippen LogP contribution in [0.25, 0.3) is 0 Å². The molecule has 0 spiro atoms. The van der Waals surface area contributed by atoms with Gasteiger partial charge < -0.3 is 4.74 Å². The largest absolute Gasteiger partial charge is 0.459 e. The first-order chi connectivity index (χ1) is 10.8. The monoisotopic (exact) mass is 340 g/mol. The number of benzene rings is 1. The molecule has 0 fully saturated rings. The molecular weight excluding hydrogens is 326 g/mol. The number of nitrogens with one attached hydrogen (secondary N) is 1.